The van der Waals surface area contributed by atoms with Crippen LogP contribution in [-0.2, 0) is 10.3 Å². The molecule has 1 unspecified atom stereocenters. The van der Waals surface area contributed by atoms with E-state index < -0.39 is 5.60 Å². The van der Waals surface area contributed by atoms with Crippen LogP contribution in [0.1, 0.15) is 19.1 Å². The molecular weight excluding hydrogens is 236 g/mol. The van der Waals surface area contributed by atoms with Gasteiger partial charge in [0.15, 0.2) is 0 Å². The molecule has 0 saturated heterocycles. The quantitative estimate of drug-likeness (QED) is 0.890. The second kappa shape index (κ2) is 4.26. The molecule has 74 valence electrons. The zero-order valence-electron chi connectivity index (χ0n) is 7.71. The van der Waals surface area contributed by atoms with E-state index in [4.69, 9.17) is 9.15 Å². The molecule has 1 aromatic heterocycles. The third-order valence-electron chi connectivity index (χ3n) is 1.90. The van der Waals surface area contributed by atoms with Gasteiger partial charge in [-0.25, -0.2) is 0 Å². The second-order valence-electron chi connectivity index (χ2n) is 3.11. The summed E-state index contributed by atoms with van der Waals surface area (Å²) < 4.78 is 10.9. The number of rotatable bonds is 4. The van der Waals surface area contributed by atoms with Crippen molar-refractivity contribution >= 4 is 15.9 Å². The molecule has 0 saturated carbocycles. The van der Waals surface area contributed by atoms with Gasteiger partial charge in [-0.3, -0.25) is 0 Å². The third-order valence-corrected chi connectivity index (χ3v) is 2.52. The summed E-state index contributed by atoms with van der Waals surface area (Å²) in [7, 11) is 1.60. The van der Waals surface area contributed by atoms with E-state index in [-0.39, 0.29) is 0 Å². The minimum atomic E-state index is -0.974. The summed E-state index contributed by atoms with van der Waals surface area (Å²) >= 11 is 3.30. The van der Waals surface area contributed by atoms with Gasteiger partial charge in [0.05, 0.1) is 10.7 Å². The van der Waals surface area contributed by atoms with Crippen molar-refractivity contribution in [3.63, 3.8) is 0 Å². The van der Waals surface area contributed by atoms with Gasteiger partial charge in [0.25, 0.3) is 0 Å². The minimum absolute atomic E-state index is 0.500. The average molecular weight is 249 g/mol. The van der Waals surface area contributed by atoms with Gasteiger partial charge in [-0.05, 0) is 28.9 Å². The van der Waals surface area contributed by atoms with Crippen molar-refractivity contribution in [3.05, 3.63) is 22.6 Å². The first-order valence-electron chi connectivity index (χ1n) is 4.02. The first kappa shape index (κ1) is 10.8. The number of methoxy groups -OCH3 is 1. The fraction of sp³-hybridized carbons (Fsp3) is 0.556. The molecule has 1 atom stereocenters. The lowest BCUT2D eigenvalue weighted by atomic mass is 10.00. The van der Waals surface area contributed by atoms with E-state index in [0.29, 0.717) is 18.8 Å². The molecule has 1 N–H and O–H groups in total. The van der Waals surface area contributed by atoms with Crippen molar-refractivity contribution in [1.29, 1.82) is 0 Å². The Morgan fingerprint density at radius 1 is 1.69 bits per heavy atom. The van der Waals surface area contributed by atoms with Crippen molar-refractivity contribution in [3.8, 4) is 0 Å². The summed E-state index contributed by atoms with van der Waals surface area (Å²) in [6.07, 6.45) is 2.05. The first-order valence-corrected chi connectivity index (χ1v) is 4.82. The molecule has 13 heavy (non-hydrogen) atoms. The summed E-state index contributed by atoms with van der Waals surface area (Å²) in [4.78, 5) is 0. The molecule has 0 radical (unpaired) electrons. The van der Waals surface area contributed by atoms with Crippen molar-refractivity contribution in [2.24, 2.45) is 0 Å². The molecule has 0 aliphatic rings. The summed E-state index contributed by atoms with van der Waals surface area (Å²) in [6.45, 7) is 2.20. The second-order valence-corrected chi connectivity index (χ2v) is 3.97. The molecule has 0 aliphatic heterocycles. The van der Waals surface area contributed by atoms with Crippen molar-refractivity contribution < 1.29 is 14.3 Å². The molecule has 0 aromatic carbocycles. The van der Waals surface area contributed by atoms with Gasteiger partial charge in [-0.2, -0.15) is 0 Å². The predicted molar refractivity (Wildman–Crippen MR) is 52.5 cm³/mol. The Hall–Kier alpha value is -0.320. The number of aliphatic hydroxyl groups is 1. The molecule has 0 aliphatic carbocycles. The Balaban J connectivity index is 2.74. The molecule has 4 heteroatoms. The Morgan fingerprint density at radius 2 is 2.38 bits per heavy atom. The van der Waals surface area contributed by atoms with Gasteiger partial charge in [0.1, 0.15) is 11.4 Å². The van der Waals surface area contributed by atoms with Crippen LogP contribution in [0.3, 0.4) is 0 Å². The maximum Gasteiger partial charge on any atom is 0.149 e. The van der Waals surface area contributed by atoms with E-state index in [1.807, 2.05) is 0 Å². The van der Waals surface area contributed by atoms with Crippen LogP contribution in [-0.4, -0.2) is 18.8 Å². The summed E-state index contributed by atoms with van der Waals surface area (Å²) in [5, 5.41) is 9.98. The molecule has 1 heterocycles. The molecule has 1 aromatic rings. The lowest BCUT2D eigenvalue weighted by molar-refractivity contribution is 0.00209. The highest BCUT2D eigenvalue weighted by Crippen LogP contribution is 2.31. The monoisotopic (exact) mass is 248 g/mol. The fourth-order valence-electron chi connectivity index (χ4n) is 1.09. The van der Waals surface area contributed by atoms with Gasteiger partial charge >= 0.3 is 0 Å². The zero-order valence-corrected chi connectivity index (χ0v) is 9.30. The zero-order chi connectivity index (χ0) is 9.90. The number of furan rings is 1. The van der Waals surface area contributed by atoms with E-state index in [9.17, 15) is 5.11 Å². The summed E-state index contributed by atoms with van der Waals surface area (Å²) in [5.41, 5.74) is -0.974. The molecular formula is C9H13BrO3. The van der Waals surface area contributed by atoms with Gasteiger partial charge in [0, 0.05) is 20.1 Å². The highest BCUT2D eigenvalue weighted by atomic mass is 79.9. The van der Waals surface area contributed by atoms with Crippen LogP contribution in [0.5, 0.6) is 0 Å². The Morgan fingerprint density at radius 3 is 2.85 bits per heavy atom. The van der Waals surface area contributed by atoms with Crippen LogP contribution >= 0.6 is 15.9 Å². The Labute approximate surface area is 85.8 Å². The van der Waals surface area contributed by atoms with Crippen LogP contribution in [0.25, 0.3) is 0 Å². The number of hydrogen-bond acceptors (Lipinski definition) is 3. The fourth-order valence-corrected chi connectivity index (χ4v) is 1.72. The molecule has 1 rings (SSSR count). The molecule has 0 amide bonds. The highest BCUT2D eigenvalue weighted by Gasteiger charge is 2.28. The van der Waals surface area contributed by atoms with Crippen LogP contribution in [0.15, 0.2) is 21.2 Å². The first-order chi connectivity index (χ1) is 6.08. The molecule has 0 fully saturated rings. The summed E-state index contributed by atoms with van der Waals surface area (Å²) in [5.74, 6) is 0.546. The van der Waals surface area contributed by atoms with Gasteiger partial charge < -0.3 is 14.3 Å². The third kappa shape index (κ3) is 2.56. The molecule has 3 nitrogen and oxygen atoms in total. The number of ether oxygens (including phenoxy) is 1. The minimum Gasteiger partial charge on any atom is -0.465 e. The van der Waals surface area contributed by atoms with Gasteiger partial charge in [-0.15, -0.1) is 0 Å². The SMILES string of the molecule is COCCC(C)(O)c1occc1Br. The maximum atomic E-state index is 9.98. The van der Waals surface area contributed by atoms with Gasteiger partial charge in [-0.1, -0.05) is 0 Å². The van der Waals surface area contributed by atoms with E-state index in [2.05, 4.69) is 15.9 Å². The standard InChI is InChI=1S/C9H13BrO3/c1-9(11,4-6-12-2)8-7(10)3-5-13-8/h3,5,11H,4,6H2,1-2H3. The Bertz CT molecular complexity index is 268. The highest BCUT2D eigenvalue weighted by molar-refractivity contribution is 9.10. The lowest BCUT2D eigenvalue weighted by Gasteiger charge is -2.20. The smallest absolute Gasteiger partial charge is 0.149 e. The van der Waals surface area contributed by atoms with Crippen molar-refractivity contribution in [2.45, 2.75) is 18.9 Å². The summed E-state index contributed by atoms with van der Waals surface area (Å²) in [6, 6.07) is 1.76. The average Bonchev–Trinajstić information content (AvgIpc) is 2.48. The number of hydrogen-bond donors (Lipinski definition) is 1. The Kier molecular flexibility index (Phi) is 3.53. The number of halogens is 1. The molecule has 0 bridgehead atoms. The lowest BCUT2D eigenvalue weighted by Crippen LogP contribution is -2.22. The largest absolute Gasteiger partial charge is 0.465 e. The predicted octanol–water partition coefficient (Wildman–Crippen LogP) is 2.29. The normalized spacial score (nSPS) is 15.7. The van der Waals surface area contributed by atoms with Crippen LogP contribution < -0.4 is 0 Å². The van der Waals surface area contributed by atoms with Crippen LogP contribution in [0, 0.1) is 0 Å². The molecule has 0 spiro atoms. The van der Waals surface area contributed by atoms with E-state index in [0.717, 1.165) is 4.47 Å². The van der Waals surface area contributed by atoms with E-state index in [1.165, 1.54) is 0 Å². The van der Waals surface area contributed by atoms with Crippen LogP contribution in [0.4, 0.5) is 0 Å². The van der Waals surface area contributed by atoms with Crippen LogP contribution in [0.2, 0.25) is 0 Å². The topological polar surface area (TPSA) is 42.6 Å². The van der Waals surface area contributed by atoms with E-state index >= 15 is 0 Å². The maximum absolute atomic E-state index is 9.98. The van der Waals surface area contributed by atoms with Crippen molar-refractivity contribution in [2.75, 3.05) is 13.7 Å². The van der Waals surface area contributed by atoms with Gasteiger partial charge in [0.2, 0.25) is 0 Å². The van der Waals surface area contributed by atoms with E-state index in [1.54, 1.807) is 26.4 Å². The van der Waals surface area contributed by atoms with Crippen molar-refractivity contribution in [1.82, 2.24) is 0 Å².